The van der Waals surface area contributed by atoms with Crippen LogP contribution in [0.1, 0.15) is 19.3 Å². The molecule has 1 aliphatic carbocycles. The molecule has 4 nitrogen and oxygen atoms in total. The number of amides is 1. The van der Waals surface area contributed by atoms with Gasteiger partial charge in [-0.15, -0.1) is 0 Å². The Morgan fingerprint density at radius 2 is 2.10 bits per heavy atom. The van der Waals surface area contributed by atoms with Gasteiger partial charge >= 0.3 is 0 Å². The van der Waals surface area contributed by atoms with E-state index in [1.165, 1.54) is 32.4 Å². The number of carbonyl (C=O) groups is 1. The van der Waals surface area contributed by atoms with Crippen LogP contribution in [0.3, 0.4) is 0 Å². The van der Waals surface area contributed by atoms with Crippen LogP contribution in [0.2, 0.25) is 5.02 Å². The number of nitrogens with one attached hydrogen (secondary N) is 2. The third-order valence-electron chi connectivity index (χ3n) is 4.25. The molecule has 21 heavy (non-hydrogen) atoms. The second-order valence-corrected chi connectivity index (χ2v) is 6.45. The van der Waals surface area contributed by atoms with Crippen molar-refractivity contribution in [3.05, 3.63) is 29.3 Å². The highest BCUT2D eigenvalue weighted by molar-refractivity contribution is 6.33. The van der Waals surface area contributed by atoms with Crippen molar-refractivity contribution in [2.45, 2.75) is 25.3 Å². The fourth-order valence-corrected chi connectivity index (χ4v) is 3.13. The molecule has 1 saturated carbocycles. The number of carbonyl (C=O) groups excluding carboxylic acids is 1. The monoisotopic (exact) mass is 307 g/mol. The van der Waals surface area contributed by atoms with E-state index in [9.17, 15) is 4.79 Å². The van der Waals surface area contributed by atoms with Crippen molar-refractivity contribution >= 4 is 23.2 Å². The fourth-order valence-electron chi connectivity index (χ4n) is 2.95. The first-order valence-corrected chi connectivity index (χ1v) is 8.09. The molecule has 0 spiro atoms. The van der Waals surface area contributed by atoms with Crippen LogP contribution in [-0.4, -0.2) is 43.0 Å². The minimum atomic E-state index is -0.0415. The lowest BCUT2D eigenvalue weighted by Gasteiger charge is -2.15. The lowest BCUT2D eigenvalue weighted by molar-refractivity contribution is -0.115. The van der Waals surface area contributed by atoms with Crippen LogP contribution in [0.4, 0.5) is 5.69 Å². The number of likely N-dealkylation sites (tertiary alicyclic amines) is 1. The molecule has 1 aromatic rings. The van der Waals surface area contributed by atoms with E-state index in [-0.39, 0.29) is 5.91 Å². The molecular weight excluding hydrogens is 286 g/mol. The van der Waals surface area contributed by atoms with Crippen molar-refractivity contribution in [2.24, 2.45) is 5.92 Å². The molecule has 1 amide bonds. The largest absolute Gasteiger partial charge is 0.324 e. The smallest absolute Gasteiger partial charge is 0.238 e. The van der Waals surface area contributed by atoms with Crippen molar-refractivity contribution < 1.29 is 4.79 Å². The van der Waals surface area contributed by atoms with Crippen molar-refractivity contribution in [1.82, 2.24) is 10.2 Å². The molecule has 1 atom stereocenters. The maximum atomic E-state index is 11.9. The summed E-state index contributed by atoms with van der Waals surface area (Å²) in [4.78, 5) is 14.5. The second kappa shape index (κ2) is 6.77. The van der Waals surface area contributed by atoms with E-state index in [0.717, 1.165) is 12.6 Å². The predicted octanol–water partition coefficient (Wildman–Crippen LogP) is 2.35. The Hall–Kier alpha value is -1.10. The maximum absolute atomic E-state index is 11.9. The molecule has 0 aromatic heterocycles. The Labute approximate surface area is 130 Å². The minimum absolute atomic E-state index is 0.0415. The summed E-state index contributed by atoms with van der Waals surface area (Å²) in [6, 6.07) is 8.15. The zero-order valence-corrected chi connectivity index (χ0v) is 12.9. The zero-order chi connectivity index (χ0) is 14.7. The van der Waals surface area contributed by atoms with E-state index >= 15 is 0 Å². The van der Waals surface area contributed by atoms with E-state index in [2.05, 4.69) is 15.5 Å². The standard InChI is InChI=1S/C16H22ClN3O/c17-14-3-1-2-4-15(14)19-16(21)10-18-9-12-7-8-20(11-12)13-5-6-13/h1-4,12-13,18H,5-11H2,(H,19,21). The van der Waals surface area contributed by atoms with Crippen LogP contribution in [-0.2, 0) is 4.79 Å². The third-order valence-corrected chi connectivity index (χ3v) is 4.58. The number of hydrogen-bond acceptors (Lipinski definition) is 3. The number of hydrogen-bond donors (Lipinski definition) is 2. The first-order chi connectivity index (χ1) is 10.2. The summed E-state index contributed by atoms with van der Waals surface area (Å²) in [6.45, 7) is 3.66. The summed E-state index contributed by atoms with van der Waals surface area (Å²) in [5, 5.41) is 6.66. The molecule has 2 aliphatic rings. The lowest BCUT2D eigenvalue weighted by Crippen LogP contribution is -2.33. The number of para-hydroxylation sites is 1. The molecule has 1 aromatic carbocycles. The number of rotatable bonds is 6. The van der Waals surface area contributed by atoms with E-state index in [4.69, 9.17) is 11.6 Å². The van der Waals surface area contributed by atoms with Crippen LogP contribution in [0, 0.1) is 5.92 Å². The van der Waals surface area contributed by atoms with Crippen LogP contribution < -0.4 is 10.6 Å². The van der Waals surface area contributed by atoms with Gasteiger partial charge in [0.2, 0.25) is 5.91 Å². The average molecular weight is 308 g/mol. The van der Waals surface area contributed by atoms with Crippen LogP contribution in [0.25, 0.3) is 0 Å². The molecule has 5 heteroatoms. The predicted molar refractivity (Wildman–Crippen MR) is 85.7 cm³/mol. The number of anilines is 1. The van der Waals surface area contributed by atoms with E-state index < -0.39 is 0 Å². The molecule has 0 radical (unpaired) electrons. The van der Waals surface area contributed by atoms with Crippen LogP contribution >= 0.6 is 11.6 Å². The van der Waals surface area contributed by atoms with Gasteiger partial charge in [-0.2, -0.15) is 0 Å². The normalized spacial score (nSPS) is 22.4. The van der Waals surface area contributed by atoms with Gasteiger partial charge in [0.05, 0.1) is 17.3 Å². The van der Waals surface area contributed by atoms with Crippen molar-refractivity contribution in [2.75, 3.05) is 31.5 Å². The Kier molecular flexibility index (Phi) is 4.78. The molecule has 1 saturated heterocycles. The molecule has 114 valence electrons. The quantitative estimate of drug-likeness (QED) is 0.848. The lowest BCUT2D eigenvalue weighted by atomic mass is 10.1. The highest BCUT2D eigenvalue weighted by atomic mass is 35.5. The third kappa shape index (κ3) is 4.19. The SMILES string of the molecule is O=C(CNCC1CCN(C2CC2)C1)Nc1ccccc1Cl. The van der Waals surface area contributed by atoms with Crippen molar-refractivity contribution in [3.63, 3.8) is 0 Å². The fraction of sp³-hybridized carbons (Fsp3) is 0.562. The van der Waals surface area contributed by atoms with Gasteiger partial charge in [0.25, 0.3) is 0 Å². The average Bonchev–Trinajstić information content (AvgIpc) is 3.22. The highest BCUT2D eigenvalue weighted by Crippen LogP contribution is 2.31. The Bertz CT molecular complexity index is 504. The molecule has 1 aliphatic heterocycles. The molecule has 1 unspecified atom stereocenters. The molecule has 2 fully saturated rings. The minimum Gasteiger partial charge on any atom is -0.324 e. The zero-order valence-electron chi connectivity index (χ0n) is 12.1. The highest BCUT2D eigenvalue weighted by Gasteiger charge is 2.34. The summed E-state index contributed by atoms with van der Waals surface area (Å²) < 4.78 is 0. The first kappa shape index (κ1) is 14.8. The van der Waals surface area contributed by atoms with Gasteiger partial charge in [-0.05, 0) is 50.4 Å². The van der Waals surface area contributed by atoms with Gasteiger partial charge in [0.15, 0.2) is 0 Å². The molecule has 1 heterocycles. The van der Waals surface area contributed by atoms with Gasteiger partial charge in [-0.1, -0.05) is 23.7 Å². The number of nitrogens with zero attached hydrogens (tertiary/aromatic N) is 1. The summed E-state index contributed by atoms with van der Waals surface area (Å²) in [6.07, 6.45) is 4.00. The molecule has 3 rings (SSSR count). The molecular formula is C16H22ClN3O. The van der Waals surface area contributed by atoms with Gasteiger partial charge in [-0.25, -0.2) is 0 Å². The summed E-state index contributed by atoms with van der Waals surface area (Å²) in [5.74, 6) is 0.638. The first-order valence-electron chi connectivity index (χ1n) is 7.71. The second-order valence-electron chi connectivity index (χ2n) is 6.04. The van der Waals surface area contributed by atoms with Gasteiger partial charge < -0.3 is 15.5 Å². The number of benzene rings is 1. The van der Waals surface area contributed by atoms with Crippen molar-refractivity contribution in [3.8, 4) is 0 Å². The van der Waals surface area contributed by atoms with Gasteiger partial charge in [-0.3, -0.25) is 4.79 Å². The van der Waals surface area contributed by atoms with Crippen LogP contribution in [0.15, 0.2) is 24.3 Å². The summed E-state index contributed by atoms with van der Waals surface area (Å²) >= 11 is 6.02. The van der Waals surface area contributed by atoms with Gasteiger partial charge in [0.1, 0.15) is 0 Å². The van der Waals surface area contributed by atoms with E-state index in [1.54, 1.807) is 6.07 Å². The maximum Gasteiger partial charge on any atom is 0.238 e. The van der Waals surface area contributed by atoms with Crippen LogP contribution in [0.5, 0.6) is 0 Å². The molecule has 0 bridgehead atoms. The topological polar surface area (TPSA) is 44.4 Å². The van der Waals surface area contributed by atoms with Gasteiger partial charge in [0, 0.05) is 12.6 Å². The van der Waals surface area contributed by atoms with Crippen molar-refractivity contribution in [1.29, 1.82) is 0 Å². The Morgan fingerprint density at radius 1 is 1.29 bits per heavy atom. The summed E-state index contributed by atoms with van der Waals surface area (Å²) in [7, 11) is 0. The summed E-state index contributed by atoms with van der Waals surface area (Å²) in [5.41, 5.74) is 0.673. The molecule has 2 N–H and O–H groups in total. The Balaban J connectivity index is 1.35. The number of halogens is 1. The van der Waals surface area contributed by atoms with E-state index in [1.807, 2.05) is 18.2 Å². The van der Waals surface area contributed by atoms with E-state index in [0.29, 0.717) is 23.2 Å². The Morgan fingerprint density at radius 3 is 2.86 bits per heavy atom.